The third-order valence-electron chi connectivity index (χ3n) is 3.48. The van der Waals surface area contributed by atoms with E-state index in [4.69, 9.17) is 4.74 Å². The summed E-state index contributed by atoms with van der Waals surface area (Å²) in [5.74, 6) is 0.558. The number of amides is 1. The molecule has 112 valence electrons. The zero-order valence-electron chi connectivity index (χ0n) is 12.3. The van der Waals surface area contributed by atoms with E-state index in [9.17, 15) is 9.90 Å². The standard InChI is InChI=1S/C18H17NO3/c1-2-9-22-13-8-7-12(17(20)11-13)10-15-14-5-3-4-6-16(14)19-18(15)21/h3-8,10-11,20H,2,9H2,1H3,(H,19,21). The van der Waals surface area contributed by atoms with Gasteiger partial charge in [0, 0.05) is 28.5 Å². The minimum absolute atomic E-state index is 0.0956. The Labute approximate surface area is 129 Å². The maximum atomic E-state index is 12.1. The van der Waals surface area contributed by atoms with Crippen molar-refractivity contribution >= 4 is 23.2 Å². The molecule has 2 N–H and O–H groups in total. The number of rotatable bonds is 4. The summed E-state index contributed by atoms with van der Waals surface area (Å²) in [4.78, 5) is 12.1. The van der Waals surface area contributed by atoms with Gasteiger partial charge in [-0.25, -0.2) is 0 Å². The summed E-state index contributed by atoms with van der Waals surface area (Å²) in [6.45, 7) is 2.63. The predicted molar refractivity (Wildman–Crippen MR) is 86.8 cm³/mol. The lowest BCUT2D eigenvalue weighted by Crippen LogP contribution is -2.03. The van der Waals surface area contributed by atoms with Gasteiger partial charge in [0.25, 0.3) is 5.91 Å². The summed E-state index contributed by atoms with van der Waals surface area (Å²) < 4.78 is 5.48. The van der Waals surface area contributed by atoms with E-state index in [-0.39, 0.29) is 11.7 Å². The van der Waals surface area contributed by atoms with Crippen LogP contribution in [0.4, 0.5) is 5.69 Å². The third kappa shape index (κ3) is 2.68. The van der Waals surface area contributed by atoms with Gasteiger partial charge in [0.2, 0.25) is 0 Å². The number of para-hydroxylation sites is 1. The van der Waals surface area contributed by atoms with Crippen molar-refractivity contribution in [3.63, 3.8) is 0 Å². The van der Waals surface area contributed by atoms with Gasteiger partial charge < -0.3 is 15.2 Å². The number of aromatic hydroxyl groups is 1. The van der Waals surface area contributed by atoms with Gasteiger partial charge in [0.15, 0.2) is 0 Å². The highest BCUT2D eigenvalue weighted by Gasteiger charge is 2.23. The molecule has 3 rings (SSSR count). The smallest absolute Gasteiger partial charge is 0.256 e. The van der Waals surface area contributed by atoms with E-state index in [2.05, 4.69) is 5.32 Å². The van der Waals surface area contributed by atoms with Crippen LogP contribution in [-0.4, -0.2) is 17.6 Å². The molecule has 4 heteroatoms. The number of carbonyl (C=O) groups is 1. The van der Waals surface area contributed by atoms with Crippen molar-refractivity contribution in [2.24, 2.45) is 0 Å². The summed E-state index contributed by atoms with van der Waals surface area (Å²) in [7, 11) is 0. The molecule has 1 aliphatic rings. The van der Waals surface area contributed by atoms with E-state index in [1.165, 1.54) is 0 Å². The van der Waals surface area contributed by atoms with Gasteiger partial charge in [0.1, 0.15) is 11.5 Å². The largest absolute Gasteiger partial charge is 0.507 e. The Morgan fingerprint density at radius 2 is 2.05 bits per heavy atom. The predicted octanol–water partition coefficient (Wildman–Crippen LogP) is 3.67. The third-order valence-corrected chi connectivity index (χ3v) is 3.48. The first-order valence-electron chi connectivity index (χ1n) is 7.27. The Balaban J connectivity index is 1.94. The molecular weight excluding hydrogens is 278 g/mol. The van der Waals surface area contributed by atoms with Crippen molar-refractivity contribution in [2.75, 3.05) is 11.9 Å². The first-order chi connectivity index (χ1) is 10.7. The highest BCUT2D eigenvalue weighted by molar-refractivity contribution is 6.35. The van der Waals surface area contributed by atoms with E-state index >= 15 is 0 Å². The van der Waals surface area contributed by atoms with E-state index in [0.29, 0.717) is 23.5 Å². The van der Waals surface area contributed by atoms with Crippen LogP contribution < -0.4 is 10.1 Å². The second-order valence-electron chi connectivity index (χ2n) is 5.13. The number of phenols is 1. The zero-order chi connectivity index (χ0) is 15.5. The highest BCUT2D eigenvalue weighted by atomic mass is 16.5. The van der Waals surface area contributed by atoms with E-state index in [1.807, 2.05) is 31.2 Å². The molecule has 4 nitrogen and oxygen atoms in total. The molecule has 1 heterocycles. The second-order valence-corrected chi connectivity index (χ2v) is 5.13. The minimum Gasteiger partial charge on any atom is -0.507 e. The number of phenolic OH excluding ortho intramolecular Hbond substituents is 1. The van der Waals surface area contributed by atoms with Gasteiger partial charge in [-0.15, -0.1) is 0 Å². The summed E-state index contributed by atoms with van der Waals surface area (Å²) in [5, 5.41) is 12.9. The number of ether oxygens (including phenoxy) is 1. The molecule has 0 spiro atoms. The molecule has 0 saturated heterocycles. The summed E-state index contributed by atoms with van der Waals surface area (Å²) in [6, 6.07) is 12.6. The van der Waals surface area contributed by atoms with Gasteiger partial charge in [-0.05, 0) is 30.7 Å². The van der Waals surface area contributed by atoms with Gasteiger partial charge in [-0.3, -0.25) is 4.79 Å². The molecule has 0 fully saturated rings. The first kappa shape index (κ1) is 14.2. The van der Waals surface area contributed by atoms with Crippen LogP contribution in [0.5, 0.6) is 11.5 Å². The lowest BCUT2D eigenvalue weighted by atomic mass is 10.0. The molecular formula is C18H17NO3. The molecule has 2 aromatic rings. The quantitative estimate of drug-likeness (QED) is 0.846. The van der Waals surface area contributed by atoms with Crippen molar-refractivity contribution in [1.29, 1.82) is 0 Å². The van der Waals surface area contributed by atoms with Crippen LogP contribution in [0.3, 0.4) is 0 Å². The Kier molecular flexibility index (Phi) is 3.83. The summed E-state index contributed by atoms with van der Waals surface area (Å²) >= 11 is 0. The fourth-order valence-corrected chi connectivity index (χ4v) is 2.39. The minimum atomic E-state index is -0.160. The molecule has 0 radical (unpaired) electrons. The fraction of sp³-hybridized carbons (Fsp3) is 0.167. The molecule has 1 amide bonds. The first-order valence-corrected chi connectivity index (χ1v) is 7.27. The summed E-state index contributed by atoms with van der Waals surface area (Å²) in [5.41, 5.74) is 2.78. The number of fused-ring (bicyclic) bond motifs is 1. The molecule has 0 unspecified atom stereocenters. The number of hydrogen-bond acceptors (Lipinski definition) is 3. The van der Waals surface area contributed by atoms with Crippen molar-refractivity contribution in [1.82, 2.24) is 0 Å². The topological polar surface area (TPSA) is 58.6 Å². The number of carbonyl (C=O) groups excluding carboxylic acids is 1. The van der Waals surface area contributed by atoms with Gasteiger partial charge in [-0.2, -0.15) is 0 Å². The molecule has 1 aliphatic heterocycles. The van der Waals surface area contributed by atoms with Gasteiger partial charge in [-0.1, -0.05) is 25.1 Å². The van der Waals surface area contributed by atoms with Crippen molar-refractivity contribution in [3.05, 3.63) is 53.6 Å². The van der Waals surface area contributed by atoms with Crippen LogP contribution in [0.2, 0.25) is 0 Å². The average Bonchev–Trinajstić information content (AvgIpc) is 2.83. The molecule has 0 saturated carbocycles. The maximum Gasteiger partial charge on any atom is 0.256 e. The molecule has 0 atom stereocenters. The summed E-state index contributed by atoms with van der Waals surface area (Å²) in [6.07, 6.45) is 2.60. The Morgan fingerprint density at radius 3 is 2.82 bits per heavy atom. The van der Waals surface area contributed by atoms with Crippen LogP contribution in [0.1, 0.15) is 24.5 Å². The molecule has 0 aromatic heterocycles. The maximum absolute atomic E-state index is 12.1. The SMILES string of the molecule is CCCOc1ccc(C=C2C(=O)Nc3ccccc32)c(O)c1. The fourth-order valence-electron chi connectivity index (χ4n) is 2.39. The van der Waals surface area contributed by atoms with Gasteiger partial charge >= 0.3 is 0 Å². The lowest BCUT2D eigenvalue weighted by Gasteiger charge is -2.07. The molecule has 22 heavy (non-hydrogen) atoms. The Bertz CT molecular complexity index is 750. The highest BCUT2D eigenvalue weighted by Crippen LogP contribution is 2.34. The number of hydrogen-bond donors (Lipinski definition) is 2. The van der Waals surface area contributed by atoms with Crippen LogP contribution in [0.15, 0.2) is 42.5 Å². The number of nitrogens with one attached hydrogen (secondary N) is 1. The number of benzene rings is 2. The molecule has 2 aromatic carbocycles. The second kappa shape index (κ2) is 5.93. The Morgan fingerprint density at radius 1 is 1.23 bits per heavy atom. The van der Waals surface area contributed by atoms with E-state index in [0.717, 1.165) is 17.7 Å². The number of anilines is 1. The zero-order valence-corrected chi connectivity index (χ0v) is 12.3. The monoisotopic (exact) mass is 295 g/mol. The normalized spacial score (nSPS) is 14.8. The average molecular weight is 295 g/mol. The van der Waals surface area contributed by atoms with Crippen LogP contribution in [0, 0.1) is 0 Å². The van der Waals surface area contributed by atoms with Crippen LogP contribution in [-0.2, 0) is 4.79 Å². The molecule has 0 bridgehead atoms. The lowest BCUT2D eigenvalue weighted by molar-refractivity contribution is -0.110. The molecule has 0 aliphatic carbocycles. The van der Waals surface area contributed by atoms with Crippen molar-refractivity contribution in [3.8, 4) is 11.5 Å². The van der Waals surface area contributed by atoms with E-state index < -0.39 is 0 Å². The van der Waals surface area contributed by atoms with Crippen molar-refractivity contribution in [2.45, 2.75) is 13.3 Å². The van der Waals surface area contributed by atoms with Crippen LogP contribution in [0.25, 0.3) is 11.6 Å². The van der Waals surface area contributed by atoms with Gasteiger partial charge in [0.05, 0.1) is 6.61 Å². The van der Waals surface area contributed by atoms with Crippen molar-refractivity contribution < 1.29 is 14.6 Å². The van der Waals surface area contributed by atoms with E-state index in [1.54, 1.807) is 24.3 Å². The van der Waals surface area contributed by atoms with Crippen LogP contribution >= 0.6 is 0 Å². The Hall–Kier alpha value is -2.75.